The van der Waals surface area contributed by atoms with Crippen LogP contribution in [0.25, 0.3) is 0 Å². The highest BCUT2D eigenvalue weighted by molar-refractivity contribution is 6.11. The summed E-state index contributed by atoms with van der Waals surface area (Å²) < 4.78 is 19.1. The zero-order chi connectivity index (χ0) is 17.7. The summed E-state index contributed by atoms with van der Waals surface area (Å²) in [7, 11) is 0. The summed E-state index contributed by atoms with van der Waals surface area (Å²) in [5.41, 5.74) is 11.6. The number of nitrogens with zero attached hydrogens (tertiary/aromatic N) is 6. The number of aromatic nitrogens is 2. The molecule has 0 aromatic carbocycles. The van der Waals surface area contributed by atoms with Gasteiger partial charge in [0.1, 0.15) is 24.5 Å². The van der Waals surface area contributed by atoms with Crippen LogP contribution in [0, 0.1) is 0 Å². The third-order valence-corrected chi connectivity index (χ3v) is 4.44. The van der Waals surface area contributed by atoms with Crippen molar-refractivity contribution in [2.45, 2.75) is 12.8 Å². The molecule has 3 N–H and O–H groups in total. The van der Waals surface area contributed by atoms with E-state index in [4.69, 9.17) is 10.3 Å². The van der Waals surface area contributed by atoms with Gasteiger partial charge in [0.15, 0.2) is 5.82 Å². The van der Waals surface area contributed by atoms with Gasteiger partial charge in [-0.05, 0) is 12.2 Å². The van der Waals surface area contributed by atoms with Gasteiger partial charge >= 0.3 is 0 Å². The molecular formula is C16H16ClFN8O. The Morgan fingerprint density at radius 3 is 3.04 bits per heavy atom. The Kier molecular flexibility index (Phi) is 4.28. The van der Waals surface area contributed by atoms with Gasteiger partial charge in [-0.1, -0.05) is 5.16 Å². The lowest BCUT2D eigenvalue weighted by molar-refractivity contribution is 0.378. The first-order chi connectivity index (χ1) is 12.7. The van der Waals surface area contributed by atoms with E-state index >= 15 is 0 Å². The van der Waals surface area contributed by atoms with Crippen LogP contribution < -0.4 is 11.2 Å². The quantitative estimate of drug-likeness (QED) is 0.795. The average molecular weight is 391 g/mol. The minimum Gasteiger partial charge on any atom is -0.339 e. The summed E-state index contributed by atoms with van der Waals surface area (Å²) in [6.07, 6.45) is 7.35. The first kappa shape index (κ1) is 17.4. The Labute approximate surface area is 159 Å². The lowest BCUT2D eigenvalue weighted by atomic mass is 10.0. The van der Waals surface area contributed by atoms with Crippen molar-refractivity contribution in [3.05, 3.63) is 58.7 Å². The van der Waals surface area contributed by atoms with Crippen LogP contribution >= 0.6 is 12.4 Å². The van der Waals surface area contributed by atoms with Crippen molar-refractivity contribution in [1.82, 2.24) is 25.5 Å². The standard InChI is InChI=1S/C16H15FN8O.ClH/c17-9-1-2-11-10(5-9)16-19-7-21-25(16)6-12-14(20-8-24(11)12)15-22-13(3-4-18)26-23-15;/h1-2,6-7H,3-5,8,18H2,(H,19,21);1H. The van der Waals surface area contributed by atoms with Crippen molar-refractivity contribution in [3.8, 4) is 0 Å². The fourth-order valence-corrected chi connectivity index (χ4v) is 3.28. The van der Waals surface area contributed by atoms with E-state index in [1.54, 1.807) is 17.4 Å². The monoisotopic (exact) mass is 390 g/mol. The van der Waals surface area contributed by atoms with Crippen LogP contribution in [0.1, 0.15) is 18.1 Å². The molecule has 1 aromatic rings. The molecule has 0 saturated heterocycles. The van der Waals surface area contributed by atoms with Gasteiger partial charge in [-0.2, -0.15) is 4.98 Å². The summed E-state index contributed by atoms with van der Waals surface area (Å²) >= 11 is 0. The van der Waals surface area contributed by atoms with E-state index < -0.39 is 0 Å². The number of nitrogens with two attached hydrogens (primary N) is 1. The molecule has 0 unspecified atom stereocenters. The normalized spacial score (nSPS) is 19.9. The fraction of sp³-hybridized carbons (Fsp3) is 0.250. The number of hydrogen-bond acceptors (Lipinski definition) is 9. The third kappa shape index (κ3) is 2.73. The molecule has 0 amide bonds. The molecule has 0 atom stereocenters. The third-order valence-electron chi connectivity index (χ3n) is 4.44. The van der Waals surface area contributed by atoms with Gasteiger partial charge in [-0.25, -0.2) is 14.4 Å². The first-order valence-corrected chi connectivity index (χ1v) is 8.19. The van der Waals surface area contributed by atoms with E-state index in [-0.39, 0.29) is 24.7 Å². The van der Waals surface area contributed by atoms with Crippen LogP contribution in [-0.4, -0.2) is 45.3 Å². The van der Waals surface area contributed by atoms with Crippen molar-refractivity contribution < 1.29 is 8.91 Å². The number of halogens is 2. The van der Waals surface area contributed by atoms with Gasteiger partial charge in [0.25, 0.3) is 0 Å². The predicted octanol–water partition coefficient (Wildman–Crippen LogP) is 1.11. The summed E-state index contributed by atoms with van der Waals surface area (Å²) in [5.74, 6) is 1.34. The zero-order valence-electron chi connectivity index (χ0n) is 14.1. The number of aliphatic imine (C=N–C) groups is 2. The Hall–Kier alpha value is -2.98. The molecule has 4 heterocycles. The Bertz CT molecular complexity index is 973. The maximum absolute atomic E-state index is 13.9. The molecule has 9 nitrogen and oxygen atoms in total. The minimum absolute atomic E-state index is 0. The maximum atomic E-state index is 13.9. The second-order valence-electron chi connectivity index (χ2n) is 6.04. The van der Waals surface area contributed by atoms with Gasteiger partial charge in [0.05, 0.1) is 17.6 Å². The maximum Gasteiger partial charge on any atom is 0.228 e. The molecule has 1 aromatic heterocycles. The molecule has 4 aliphatic rings. The zero-order valence-corrected chi connectivity index (χ0v) is 14.9. The lowest BCUT2D eigenvalue weighted by Crippen LogP contribution is -2.27. The molecule has 0 radical (unpaired) electrons. The van der Waals surface area contributed by atoms with Gasteiger partial charge in [-0.15, -0.1) is 12.4 Å². The second kappa shape index (κ2) is 6.63. The molecule has 0 saturated carbocycles. The van der Waals surface area contributed by atoms with Crippen LogP contribution in [0.2, 0.25) is 0 Å². The van der Waals surface area contributed by atoms with Crippen LogP contribution in [-0.2, 0) is 6.42 Å². The van der Waals surface area contributed by atoms with Crippen molar-refractivity contribution >= 4 is 24.5 Å². The molecule has 1 aliphatic carbocycles. The number of allylic oxidation sites excluding steroid dienone is 5. The van der Waals surface area contributed by atoms with Crippen LogP contribution in [0.4, 0.5) is 4.39 Å². The SMILES string of the molecule is Cl.NCCc1nc(C2=NCN3C2=CN2NC=NC2=C2CC(F)=CC=C23)no1. The molecule has 140 valence electrons. The highest BCUT2D eigenvalue weighted by atomic mass is 35.5. The molecule has 5 rings (SSSR count). The predicted molar refractivity (Wildman–Crippen MR) is 98.0 cm³/mol. The smallest absolute Gasteiger partial charge is 0.228 e. The van der Waals surface area contributed by atoms with E-state index in [1.807, 2.05) is 11.1 Å². The summed E-state index contributed by atoms with van der Waals surface area (Å²) in [5, 5.41) is 5.77. The van der Waals surface area contributed by atoms with E-state index in [0.29, 0.717) is 42.9 Å². The van der Waals surface area contributed by atoms with E-state index in [0.717, 1.165) is 17.0 Å². The summed E-state index contributed by atoms with van der Waals surface area (Å²) in [6.45, 7) is 0.816. The number of rotatable bonds is 3. The van der Waals surface area contributed by atoms with E-state index in [2.05, 4.69) is 25.6 Å². The topological polar surface area (TPSA) is 108 Å². The number of nitrogens with one attached hydrogen (secondary N) is 1. The summed E-state index contributed by atoms with van der Waals surface area (Å²) in [4.78, 5) is 15.3. The lowest BCUT2D eigenvalue weighted by Gasteiger charge is -2.24. The van der Waals surface area contributed by atoms with Gasteiger partial charge in [0, 0.05) is 25.0 Å². The van der Waals surface area contributed by atoms with Crippen molar-refractivity contribution in [2.24, 2.45) is 15.7 Å². The average Bonchev–Trinajstić information content (AvgIpc) is 3.34. The van der Waals surface area contributed by atoms with Crippen LogP contribution in [0.3, 0.4) is 0 Å². The van der Waals surface area contributed by atoms with E-state index in [9.17, 15) is 4.39 Å². The second-order valence-corrected chi connectivity index (χ2v) is 6.04. The molecule has 0 fully saturated rings. The minimum atomic E-state index is -0.202. The number of hydrazine groups is 1. The molecule has 11 heteroatoms. The van der Waals surface area contributed by atoms with Crippen LogP contribution in [0.15, 0.2) is 61.5 Å². The fourth-order valence-electron chi connectivity index (χ4n) is 3.28. The number of hydrogen-bond donors (Lipinski definition) is 2. The Morgan fingerprint density at radius 2 is 2.19 bits per heavy atom. The highest BCUT2D eigenvalue weighted by Gasteiger charge is 2.36. The molecule has 0 bridgehead atoms. The first-order valence-electron chi connectivity index (χ1n) is 8.19. The summed E-state index contributed by atoms with van der Waals surface area (Å²) in [6, 6.07) is 0. The van der Waals surface area contributed by atoms with Gasteiger partial charge < -0.3 is 15.2 Å². The largest absolute Gasteiger partial charge is 0.339 e. The Balaban J connectivity index is 0.00000180. The van der Waals surface area contributed by atoms with Crippen molar-refractivity contribution in [2.75, 3.05) is 13.2 Å². The van der Waals surface area contributed by atoms with Crippen LogP contribution in [0.5, 0.6) is 0 Å². The number of fused-ring (bicyclic) bond motifs is 4. The molecular weight excluding hydrogens is 375 g/mol. The van der Waals surface area contributed by atoms with Crippen molar-refractivity contribution in [1.29, 1.82) is 0 Å². The van der Waals surface area contributed by atoms with Crippen molar-refractivity contribution in [3.63, 3.8) is 0 Å². The van der Waals surface area contributed by atoms with E-state index in [1.165, 1.54) is 6.08 Å². The molecule has 0 spiro atoms. The highest BCUT2D eigenvalue weighted by Crippen LogP contribution is 2.39. The molecule has 27 heavy (non-hydrogen) atoms. The molecule has 3 aliphatic heterocycles. The van der Waals surface area contributed by atoms with Gasteiger partial charge in [0.2, 0.25) is 11.7 Å². The van der Waals surface area contributed by atoms with Gasteiger partial charge in [-0.3, -0.25) is 10.4 Å². The Morgan fingerprint density at radius 1 is 1.30 bits per heavy atom.